The van der Waals surface area contributed by atoms with Crippen LogP contribution in [0, 0.1) is 5.92 Å². The second-order valence-corrected chi connectivity index (χ2v) is 4.60. The predicted molar refractivity (Wildman–Crippen MR) is 59.7 cm³/mol. The van der Waals surface area contributed by atoms with E-state index in [1.54, 1.807) is 0 Å². The molecule has 96 valence electrons. The van der Waals surface area contributed by atoms with Gasteiger partial charge >= 0.3 is 12.0 Å². The molecule has 0 radical (unpaired) electrons. The van der Waals surface area contributed by atoms with Crippen LogP contribution in [0.4, 0.5) is 4.79 Å². The summed E-state index contributed by atoms with van der Waals surface area (Å²) < 4.78 is 5.44. The number of rotatable bonds is 4. The van der Waals surface area contributed by atoms with Crippen LogP contribution in [0.2, 0.25) is 0 Å². The predicted octanol–water partition coefficient (Wildman–Crippen LogP) is 0.281. The fraction of sp³-hybridized carbons (Fsp3) is 0.818. The Morgan fingerprint density at radius 2 is 2.18 bits per heavy atom. The number of hydrogen-bond donors (Lipinski definition) is 2. The van der Waals surface area contributed by atoms with Crippen molar-refractivity contribution in [1.82, 2.24) is 10.2 Å². The molecule has 1 atom stereocenters. The lowest BCUT2D eigenvalue weighted by Crippen LogP contribution is -2.56. The molecule has 6 heteroatoms. The summed E-state index contributed by atoms with van der Waals surface area (Å²) in [5, 5.41) is 11.5. The number of urea groups is 1. The molecule has 0 aromatic rings. The third kappa shape index (κ3) is 3.09. The van der Waals surface area contributed by atoms with E-state index in [1.807, 2.05) is 0 Å². The summed E-state index contributed by atoms with van der Waals surface area (Å²) in [4.78, 5) is 23.6. The van der Waals surface area contributed by atoms with E-state index in [1.165, 1.54) is 4.90 Å². The average Bonchev–Trinajstić information content (AvgIpc) is 2.67. The topological polar surface area (TPSA) is 78.9 Å². The van der Waals surface area contributed by atoms with Gasteiger partial charge in [-0.1, -0.05) is 0 Å². The highest BCUT2D eigenvalue weighted by atomic mass is 16.5. The summed E-state index contributed by atoms with van der Waals surface area (Å²) in [5.41, 5.74) is 0. The molecule has 17 heavy (non-hydrogen) atoms. The monoisotopic (exact) mass is 242 g/mol. The fourth-order valence-electron chi connectivity index (χ4n) is 2.12. The van der Waals surface area contributed by atoms with Crippen molar-refractivity contribution in [3.63, 3.8) is 0 Å². The molecule has 6 nitrogen and oxygen atoms in total. The maximum Gasteiger partial charge on any atom is 0.317 e. The van der Waals surface area contributed by atoms with Gasteiger partial charge in [0.15, 0.2) is 0 Å². The van der Waals surface area contributed by atoms with Crippen LogP contribution >= 0.6 is 0 Å². The lowest BCUT2D eigenvalue weighted by atomic mass is 10.0. The first kappa shape index (κ1) is 12.2. The normalized spacial score (nSPS) is 24.5. The Labute approximate surface area is 99.9 Å². The Morgan fingerprint density at radius 3 is 2.76 bits per heavy atom. The van der Waals surface area contributed by atoms with Crippen molar-refractivity contribution in [1.29, 1.82) is 0 Å². The van der Waals surface area contributed by atoms with E-state index < -0.39 is 5.97 Å². The molecule has 2 N–H and O–H groups in total. The molecule has 2 saturated heterocycles. The molecule has 0 saturated carbocycles. The van der Waals surface area contributed by atoms with Gasteiger partial charge in [0, 0.05) is 26.2 Å². The number of hydrogen-bond acceptors (Lipinski definition) is 3. The van der Waals surface area contributed by atoms with Crippen LogP contribution in [0.15, 0.2) is 0 Å². The Morgan fingerprint density at radius 1 is 1.41 bits per heavy atom. The number of carbonyl (C=O) groups is 2. The molecule has 2 amide bonds. The van der Waals surface area contributed by atoms with Crippen molar-refractivity contribution in [3.05, 3.63) is 0 Å². The van der Waals surface area contributed by atoms with Crippen molar-refractivity contribution < 1.29 is 19.4 Å². The highest BCUT2D eigenvalue weighted by Crippen LogP contribution is 2.16. The van der Waals surface area contributed by atoms with Crippen molar-refractivity contribution >= 4 is 12.0 Å². The van der Waals surface area contributed by atoms with E-state index in [4.69, 9.17) is 9.84 Å². The summed E-state index contributed by atoms with van der Waals surface area (Å²) in [7, 11) is 0. The second-order valence-electron chi connectivity index (χ2n) is 4.60. The zero-order valence-electron chi connectivity index (χ0n) is 9.72. The Bertz CT molecular complexity index is 296. The van der Waals surface area contributed by atoms with Crippen LogP contribution in [0.1, 0.15) is 19.3 Å². The van der Waals surface area contributed by atoms with Crippen molar-refractivity contribution in [2.24, 2.45) is 5.92 Å². The molecular formula is C11H18N2O4. The number of carboxylic acids is 1. The molecule has 0 aromatic heterocycles. The summed E-state index contributed by atoms with van der Waals surface area (Å²) in [5.74, 6) is -1.22. The van der Waals surface area contributed by atoms with E-state index >= 15 is 0 Å². The molecule has 0 aliphatic carbocycles. The Hall–Kier alpha value is -1.30. The average molecular weight is 242 g/mol. The number of carboxylic acid groups (broad SMARTS) is 1. The summed E-state index contributed by atoms with van der Waals surface area (Å²) >= 11 is 0. The largest absolute Gasteiger partial charge is 0.481 e. The van der Waals surface area contributed by atoms with Gasteiger partial charge in [0.05, 0.1) is 12.0 Å². The number of amides is 2. The molecule has 2 aliphatic heterocycles. The first-order chi connectivity index (χ1) is 8.16. The van der Waals surface area contributed by atoms with Crippen LogP contribution in [0.3, 0.4) is 0 Å². The molecule has 2 aliphatic rings. The number of ether oxygens (including phenoxy) is 1. The number of likely N-dealkylation sites (tertiary alicyclic amines) is 1. The third-order valence-corrected chi connectivity index (χ3v) is 3.28. The van der Waals surface area contributed by atoms with Crippen LogP contribution < -0.4 is 5.32 Å². The smallest absolute Gasteiger partial charge is 0.317 e. The standard InChI is InChI=1S/C11H18N2O4/c14-10(15)8-6-13(7-8)11(16)12-4-3-9-2-1-5-17-9/h8-9H,1-7H2,(H,12,16)(H,14,15). The van der Waals surface area contributed by atoms with Crippen molar-refractivity contribution in [2.45, 2.75) is 25.4 Å². The van der Waals surface area contributed by atoms with Crippen LogP contribution in [0.25, 0.3) is 0 Å². The quantitative estimate of drug-likeness (QED) is 0.742. The van der Waals surface area contributed by atoms with Gasteiger partial charge in [0.1, 0.15) is 0 Å². The summed E-state index contributed by atoms with van der Waals surface area (Å²) in [6.45, 7) is 2.06. The summed E-state index contributed by atoms with van der Waals surface area (Å²) in [6.07, 6.45) is 3.28. The van der Waals surface area contributed by atoms with Gasteiger partial charge in [-0.2, -0.15) is 0 Å². The molecule has 2 fully saturated rings. The van der Waals surface area contributed by atoms with Gasteiger partial charge in [0.2, 0.25) is 0 Å². The molecular weight excluding hydrogens is 224 g/mol. The lowest BCUT2D eigenvalue weighted by Gasteiger charge is -2.36. The van der Waals surface area contributed by atoms with E-state index in [-0.39, 0.29) is 18.1 Å². The Kier molecular flexibility index (Phi) is 3.83. The molecule has 2 rings (SSSR count). The van der Waals surface area contributed by atoms with E-state index in [0.29, 0.717) is 19.6 Å². The highest BCUT2D eigenvalue weighted by molar-refractivity contribution is 5.79. The molecule has 2 heterocycles. The van der Waals surface area contributed by atoms with Gasteiger partial charge in [0.25, 0.3) is 0 Å². The maximum atomic E-state index is 11.5. The van der Waals surface area contributed by atoms with Gasteiger partial charge < -0.3 is 20.1 Å². The van der Waals surface area contributed by atoms with Crippen molar-refractivity contribution in [2.75, 3.05) is 26.2 Å². The van der Waals surface area contributed by atoms with Gasteiger partial charge in [-0.15, -0.1) is 0 Å². The van der Waals surface area contributed by atoms with Crippen LogP contribution in [-0.2, 0) is 9.53 Å². The Balaban J connectivity index is 1.57. The molecule has 0 aromatic carbocycles. The minimum atomic E-state index is -0.826. The van der Waals surface area contributed by atoms with Crippen LogP contribution in [0.5, 0.6) is 0 Å². The van der Waals surface area contributed by atoms with Gasteiger partial charge in [-0.05, 0) is 19.3 Å². The molecule has 0 bridgehead atoms. The van der Waals surface area contributed by atoms with E-state index in [0.717, 1.165) is 25.9 Å². The number of aliphatic carboxylic acids is 1. The first-order valence-corrected chi connectivity index (χ1v) is 6.04. The van der Waals surface area contributed by atoms with E-state index in [2.05, 4.69) is 5.32 Å². The zero-order valence-corrected chi connectivity index (χ0v) is 9.72. The van der Waals surface area contributed by atoms with Crippen molar-refractivity contribution in [3.8, 4) is 0 Å². The molecule has 1 unspecified atom stereocenters. The minimum Gasteiger partial charge on any atom is -0.481 e. The number of nitrogens with zero attached hydrogens (tertiary/aromatic N) is 1. The maximum absolute atomic E-state index is 11.5. The van der Waals surface area contributed by atoms with Gasteiger partial charge in [-0.25, -0.2) is 4.79 Å². The second kappa shape index (κ2) is 5.35. The lowest BCUT2D eigenvalue weighted by molar-refractivity contribution is -0.146. The zero-order chi connectivity index (χ0) is 12.3. The fourth-order valence-corrected chi connectivity index (χ4v) is 2.12. The first-order valence-electron chi connectivity index (χ1n) is 6.04. The minimum absolute atomic E-state index is 0.166. The summed E-state index contributed by atoms with van der Waals surface area (Å²) in [6, 6.07) is -0.166. The van der Waals surface area contributed by atoms with Gasteiger partial charge in [-0.3, -0.25) is 4.79 Å². The number of nitrogens with one attached hydrogen (secondary N) is 1. The SMILES string of the molecule is O=C(O)C1CN(C(=O)NCCC2CCCO2)C1. The van der Waals surface area contributed by atoms with Crippen LogP contribution in [-0.4, -0.2) is 54.4 Å². The highest BCUT2D eigenvalue weighted by Gasteiger charge is 2.35. The molecule has 0 spiro atoms. The van der Waals surface area contributed by atoms with E-state index in [9.17, 15) is 9.59 Å². The number of carbonyl (C=O) groups excluding carboxylic acids is 1. The third-order valence-electron chi connectivity index (χ3n) is 3.28.